The zero-order valence-corrected chi connectivity index (χ0v) is 33.2. The molecule has 278 valence electrons. The Kier molecular flexibility index (Phi) is 16.4. The van der Waals surface area contributed by atoms with Gasteiger partial charge in [0.2, 0.25) is 11.8 Å². The second kappa shape index (κ2) is 19.2. The molecule has 2 rings (SSSR count). The Balaban J connectivity index is 2.77. The fourth-order valence-corrected chi connectivity index (χ4v) is 6.23. The van der Waals surface area contributed by atoms with Crippen molar-refractivity contribution >= 4 is 35.6 Å². The maximum atomic E-state index is 15.0. The van der Waals surface area contributed by atoms with E-state index in [0.717, 1.165) is 23.1 Å². The Morgan fingerprint density at radius 3 is 1.86 bits per heavy atom. The van der Waals surface area contributed by atoms with Crippen molar-refractivity contribution in [3.05, 3.63) is 70.8 Å². The summed E-state index contributed by atoms with van der Waals surface area (Å²) in [5, 5.41) is 5.86. The van der Waals surface area contributed by atoms with Crippen molar-refractivity contribution in [3.63, 3.8) is 0 Å². The van der Waals surface area contributed by atoms with Gasteiger partial charge in [-0.2, -0.15) is 11.8 Å². The van der Waals surface area contributed by atoms with E-state index in [1.807, 2.05) is 75.6 Å². The second-order valence-electron chi connectivity index (χ2n) is 15.5. The first kappa shape index (κ1) is 42.6. The Bertz CT molecular complexity index is 1400. The number of nitrogens with one attached hydrogen (secondary N) is 2. The predicted molar refractivity (Wildman–Crippen MR) is 203 cm³/mol. The highest BCUT2D eigenvalue weighted by Gasteiger charge is 2.41. The third kappa shape index (κ3) is 14.0. The Morgan fingerprint density at radius 1 is 0.760 bits per heavy atom. The van der Waals surface area contributed by atoms with Gasteiger partial charge in [-0.1, -0.05) is 62.4 Å². The van der Waals surface area contributed by atoms with Crippen LogP contribution in [0.1, 0.15) is 110 Å². The maximum absolute atomic E-state index is 15.0. The number of ether oxygens (including phenoxy) is 2. The van der Waals surface area contributed by atoms with Gasteiger partial charge in [-0.25, -0.2) is 9.59 Å². The largest absolute Gasteiger partial charge is 0.458 e. The van der Waals surface area contributed by atoms with Crippen LogP contribution in [0, 0.1) is 19.8 Å². The van der Waals surface area contributed by atoms with Crippen LogP contribution in [-0.2, 0) is 30.3 Å². The minimum atomic E-state index is -1.11. The maximum Gasteiger partial charge on any atom is 0.408 e. The number of benzene rings is 2. The Labute approximate surface area is 305 Å². The van der Waals surface area contributed by atoms with Crippen LogP contribution in [0.2, 0.25) is 0 Å². The van der Waals surface area contributed by atoms with Crippen molar-refractivity contribution in [1.82, 2.24) is 15.5 Å². The van der Waals surface area contributed by atoms with Gasteiger partial charge in [0, 0.05) is 12.5 Å². The molecule has 0 aliphatic rings. The van der Waals surface area contributed by atoms with Crippen LogP contribution in [0.15, 0.2) is 48.5 Å². The standard InChI is InChI=1S/C40H61N3O6S/c1-26(2)21-22-29(5)43(36(45)31(23-24-50-12)42-38(47)49-40(9,10)11)34(33-27(3)17-16-18-28(33)4)35(44)41-32(37(46)48-39(6,7)8)25-30-19-14-13-15-20-30/h13-20,26,29,31-32,34H,21-25H2,1-12H3,(H,41,44)(H,42,47). The summed E-state index contributed by atoms with van der Waals surface area (Å²) in [6.45, 7) is 20.7. The van der Waals surface area contributed by atoms with Crippen LogP contribution in [-0.4, -0.2) is 70.1 Å². The monoisotopic (exact) mass is 711 g/mol. The molecule has 0 aromatic heterocycles. The van der Waals surface area contributed by atoms with Crippen LogP contribution in [0.5, 0.6) is 0 Å². The lowest BCUT2D eigenvalue weighted by molar-refractivity contribution is -0.159. The molecule has 2 aromatic carbocycles. The van der Waals surface area contributed by atoms with E-state index in [1.54, 1.807) is 58.2 Å². The lowest BCUT2D eigenvalue weighted by atomic mass is 9.91. The summed E-state index contributed by atoms with van der Waals surface area (Å²) < 4.78 is 11.4. The molecule has 50 heavy (non-hydrogen) atoms. The molecule has 0 aliphatic carbocycles. The van der Waals surface area contributed by atoms with E-state index in [1.165, 1.54) is 0 Å². The van der Waals surface area contributed by atoms with E-state index in [-0.39, 0.29) is 12.3 Å². The number of nitrogens with zero attached hydrogens (tertiary/aromatic N) is 1. The highest BCUT2D eigenvalue weighted by Crippen LogP contribution is 2.32. The number of carbonyl (C=O) groups is 4. The van der Waals surface area contributed by atoms with Gasteiger partial charge >= 0.3 is 12.1 Å². The first-order chi connectivity index (χ1) is 23.2. The molecule has 4 unspecified atom stereocenters. The van der Waals surface area contributed by atoms with Gasteiger partial charge in [0.1, 0.15) is 29.3 Å². The lowest BCUT2D eigenvalue weighted by Crippen LogP contribution is -2.57. The molecule has 0 radical (unpaired) electrons. The van der Waals surface area contributed by atoms with Gasteiger partial charge in [0.15, 0.2) is 0 Å². The van der Waals surface area contributed by atoms with Crippen LogP contribution in [0.4, 0.5) is 4.79 Å². The smallest absolute Gasteiger partial charge is 0.408 e. The van der Waals surface area contributed by atoms with Gasteiger partial charge in [-0.3, -0.25) is 9.59 Å². The molecule has 2 N–H and O–H groups in total. The van der Waals surface area contributed by atoms with Gasteiger partial charge in [0.25, 0.3) is 0 Å². The highest BCUT2D eigenvalue weighted by atomic mass is 32.2. The van der Waals surface area contributed by atoms with E-state index in [0.29, 0.717) is 30.1 Å². The fourth-order valence-electron chi connectivity index (χ4n) is 5.76. The van der Waals surface area contributed by atoms with Crippen molar-refractivity contribution in [3.8, 4) is 0 Å². The first-order valence-corrected chi connectivity index (χ1v) is 19.1. The van der Waals surface area contributed by atoms with Gasteiger partial charge in [-0.15, -0.1) is 0 Å². The third-order valence-corrected chi connectivity index (χ3v) is 8.77. The predicted octanol–water partition coefficient (Wildman–Crippen LogP) is 7.71. The van der Waals surface area contributed by atoms with Crippen molar-refractivity contribution in [2.45, 2.75) is 137 Å². The third-order valence-electron chi connectivity index (χ3n) is 8.12. The molecule has 0 bridgehead atoms. The molecule has 10 heteroatoms. The van der Waals surface area contributed by atoms with E-state index < -0.39 is 53.3 Å². The zero-order valence-electron chi connectivity index (χ0n) is 32.3. The van der Waals surface area contributed by atoms with E-state index in [4.69, 9.17) is 9.47 Å². The van der Waals surface area contributed by atoms with E-state index in [2.05, 4.69) is 24.5 Å². The molecule has 3 amide bonds. The summed E-state index contributed by atoms with van der Waals surface area (Å²) in [4.78, 5) is 58.3. The first-order valence-electron chi connectivity index (χ1n) is 17.7. The molecule has 9 nitrogen and oxygen atoms in total. The Hall–Kier alpha value is -3.53. The molecular weight excluding hydrogens is 651 g/mol. The fraction of sp³-hybridized carbons (Fsp3) is 0.600. The van der Waals surface area contributed by atoms with E-state index >= 15 is 0 Å². The molecule has 0 saturated carbocycles. The summed E-state index contributed by atoms with van der Waals surface area (Å²) in [6.07, 6.45) is 3.22. The van der Waals surface area contributed by atoms with Crippen molar-refractivity contribution < 1.29 is 28.7 Å². The molecule has 2 aromatic rings. The number of amides is 3. The number of thioether (sulfide) groups is 1. The number of esters is 1. The molecule has 4 atom stereocenters. The molecule has 0 spiro atoms. The average molecular weight is 712 g/mol. The summed E-state index contributed by atoms with van der Waals surface area (Å²) in [6, 6.07) is 11.7. The molecule has 0 saturated heterocycles. The molecule has 0 fully saturated rings. The minimum Gasteiger partial charge on any atom is -0.458 e. The van der Waals surface area contributed by atoms with Crippen LogP contribution in [0.3, 0.4) is 0 Å². The number of aryl methyl sites for hydroxylation is 2. The topological polar surface area (TPSA) is 114 Å². The highest BCUT2D eigenvalue weighted by molar-refractivity contribution is 7.98. The Morgan fingerprint density at radius 2 is 1.34 bits per heavy atom. The molecular formula is C40H61N3O6S. The number of hydrogen-bond acceptors (Lipinski definition) is 7. The average Bonchev–Trinajstić information content (AvgIpc) is 2.99. The number of rotatable bonds is 16. The van der Waals surface area contributed by atoms with Gasteiger partial charge in [-0.05, 0) is 122 Å². The summed E-state index contributed by atoms with van der Waals surface area (Å²) in [5.74, 6) is -0.499. The number of hydrogen-bond donors (Lipinski definition) is 2. The summed E-state index contributed by atoms with van der Waals surface area (Å²) >= 11 is 1.56. The zero-order chi connectivity index (χ0) is 37.8. The van der Waals surface area contributed by atoms with Crippen LogP contribution < -0.4 is 10.6 Å². The SMILES string of the molecule is CSCCC(NC(=O)OC(C)(C)C)C(=O)N(C(C)CCC(C)C)C(C(=O)NC(Cc1ccccc1)C(=O)OC(C)(C)C)c1c(C)cccc1C. The van der Waals surface area contributed by atoms with E-state index in [9.17, 15) is 19.2 Å². The molecule has 0 aliphatic heterocycles. The van der Waals surface area contributed by atoms with Crippen molar-refractivity contribution in [2.75, 3.05) is 12.0 Å². The quantitative estimate of drug-likeness (QED) is 0.172. The van der Waals surface area contributed by atoms with Crippen LogP contribution >= 0.6 is 11.8 Å². The summed E-state index contributed by atoms with van der Waals surface area (Å²) in [7, 11) is 0. The van der Waals surface area contributed by atoms with Crippen molar-refractivity contribution in [2.24, 2.45) is 5.92 Å². The van der Waals surface area contributed by atoms with Gasteiger partial charge < -0.3 is 25.0 Å². The second-order valence-corrected chi connectivity index (χ2v) is 16.5. The summed E-state index contributed by atoms with van der Waals surface area (Å²) in [5.41, 5.74) is 1.64. The minimum absolute atomic E-state index is 0.203. The number of carbonyl (C=O) groups excluding carboxylic acids is 4. The van der Waals surface area contributed by atoms with Crippen molar-refractivity contribution in [1.29, 1.82) is 0 Å². The van der Waals surface area contributed by atoms with Crippen LogP contribution in [0.25, 0.3) is 0 Å². The van der Waals surface area contributed by atoms with Gasteiger partial charge in [0.05, 0.1) is 0 Å². The lowest BCUT2D eigenvalue weighted by Gasteiger charge is -2.40. The normalized spacial score (nSPS) is 14.3. The molecule has 0 heterocycles. The number of alkyl carbamates (subject to hydrolysis) is 1.